The summed E-state index contributed by atoms with van der Waals surface area (Å²) < 4.78 is 0. The van der Waals surface area contributed by atoms with Crippen LogP contribution in [0.1, 0.15) is 45.1 Å². The molecule has 1 aliphatic carbocycles. The molecular weight excluding hydrogens is 266 g/mol. The molecule has 0 heterocycles. The van der Waals surface area contributed by atoms with Gasteiger partial charge in [0, 0.05) is 24.6 Å². The molecule has 1 aromatic carbocycles. The quantitative estimate of drug-likeness (QED) is 0.648. The largest absolute Gasteiger partial charge is 0.508 e. The van der Waals surface area contributed by atoms with Crippen LogP contribution in [0.3, 0.4) is 0 Å². The van der Waals surface area contributed by atoms with E-state index in [4.69, 9.17) is 0 Å². The first kappa shape index (κ1) is 15.3. The molecule has 0 radical (unpaired) electrons. The molecule has 0 atom stereocenters. The average Bonchev–Trinajstić information content (AvgIpc) is 2.37. The molecule has 1 aromatic rings. The maximum atomic E-state index is 12.2. The van der Waals surface area contributed by atoms with Crippen LogP contribution in [0.15, 0.2) is 36.0 Å². The van der Waals surface area contributed by atoms with Crippen molar-refractivity contribution in [2.45, 2.75) is 45.1 Å². The Morgan fingerprint density at radius 2 is 1.62 bits per heavy atom. The smallest absolute Gasteiger partial charge is 0.168 e. The second-order valence-corrected chi connectivity index (χ2v) is 6.50. The fraction of sp³-hybridized carbons (Fsp3) is 0.412. The summed E-state index contributed by atoms with van der Waals surface area (Å²) >= 11 is 0. The number of nitrogens with one attached hydrogen (secondary N) is 1. The number of hydrogen-bond donors (Lipinski definition) is 2. The first-order chi connectivity index (χ1) is 9.76. The number of hydrogen-bond acceptors (Lipinski definition) is 4. The number of rotatable bonds is 2. The minimum atomic E-state index is -0.179. The van der Waals surface area contributed by atoms with Gasteiger partial charge in [-0.05, 0) is 44.4 Å². The summed E-state index contributed by atoms with van der Waals surface area (Å²) in [6.07, 6.45) is 2.21. The van der Waals surface area contributed by atoms with Gasteiger partial charge in [0.2, 0.25) is 0 Å². The van der Waals surface area contributed by atoms with Gasteiger partial charge in [0.25, 0.3) is 0 Å². The molecule has 0 amide bonds. The molecule has 1 aliphatic rings. The summed E-state index contributed by atoms with van der Waals surface area (Å²) in [6, 6.07) is 6.69. The third-order valence-electron chi connectivity index (χ3n) is 3.48. The number of allylic oxidation sites excluding steroid dienone is 1. The Balaban J connectivity index is 2.14. The van der Waals surface area contributed by atoms with Gasteiger partial charge in [0.1, 0.15) is 5.75 Å². The number of benzene rings is 1. The van der Waals surface area contributed by atoms with Crippen molar-refractivity contribution in [1.29, 1.82) is 0 Å². The van der Waals surface area contributed by atoms with E-state index in [0.717, 1.165) is 5.56 Å². The molecule has 4 heteroatoms. The number of phenols is 1. The van der Waals surface area contributed by atoms with E-state index >= 15 is 0 Å². The molecule has 1 fully saturated rings. The minimum Gasteiger partial charge on any atom is -0.508 e. The average molecular weight is 287 g/mol. The van der Waals surface area contributed by atoms with Crippen LogP contribution in [0.25, 0.3) is 0 Å². The van der Waals surface area contributed by atoms with Crippen molar-refractivity contribution >= 4 is 11.6 Å². The van der Waals surface area contributed by atoms with E-state index in [0.29, 0.717) is 12.8 Å². The summed E-state index contributed by atoms with van der Waals surface area (Å²) in [5.41, 5.74) is 0.999. The molecule has 2 N–H and O–H groups in total. The number of Topliss-reactive ketones (excluding diaryl/α,β-unsaturated/α-hetero) is 2. The second-order valence-electron chi connectivity index (χ2n) is 6.50. The maximum absolute atomic E-state index is 12.2. The monoisotopic (exact) mass is 287 g/mol. The van der Waals surface area contributed by atoms with Gasteiger partial charge in [-0.2, -0.15) is 0 Å². The third-order valence-corrected chi connectivity index (χ3v) is 3.48. The van der Waals surface area contributed by atoms with Crippen LogP contribution in [0.4, 0.5) is 0 Å². The van der Waals surface area contributed by atoms with Crippen LogP contribution in [0.5, 0.6) is 5.75 Å². The molecule has 1 saturated carbocycles. The minimum absolute atomic E-state index is 0.0996. The fourth-order valence-corrected chi connectivity index (χ4v) is 2.33. The predicted molar refractivity (Wildman–Crippen MR) is 81.1 cm³/mol. The number of ketones is 2. The second kappa shape index (κ2) is 5.72. The standard InChI is InChI=1S/C17H21NO3/c1-17(2,3)18-10-14-15(20)8-12(9-16(14)21)11-4-6-13(19)7-5-11/h4-7,10,12,18-19H,8-9H2,1-3H3. The van der Waals surface area contributed by atoms with Gasteiger partial charge in [-0.15, -0.1) is 0 Å². The fourth-order valence-electron chi connectivity index (χ4n) is 2.33. The zero-order valence-electron chi connectivity index (χ0n) is 12.6. The Bertz CT molecular complexity index is 559. The molecule has 0 bridgehead atoms. The molecular formula is C17H21NO3. The number of carbonyl (C=O) groups excluding carboxylic acids is 2. The summed E-state index contributed by atoms with van der Waals surface area (Å²) in [4.78, 5) is 24.4. The first-order valence-corrected chi connectivity index (χ1v) is 7.09. The zero-order valence-corrected chi connectivity index (χ0v) is 12.6. The molecule has 21 heavy (non-hydrogen) atoms. The van der Waals surface area contributed by atoms with Crippen LogP contribution in [-0.4, -0.2) is 22.2 Å². The number of aromatic hydroxyl groups is 1. The Hall–Kier alpha value is -2.10. The van der Waals surface area contributed by atoms with Crippen molar-refractivity contribution in [3.05, 3.63) is 41.6 Å². The van der Waals surface area contributed by atoms with Crippen LogP contribution >= 0.6 is 0 Å². The highest BCUT2D eigenvalue weighted by Gasteiger charge is 2.31. The highest BCUT2D eigenvalue weighted by Crippen LogP contribution is 2.32. The summed E-state index contributed by atoms with van der Waals surface area (Å²) in [7, 11) is 0. The van der Waals surface area contributed by atoms with Crippen LogP contribution < -0.4 is 5.32 Å². The molecule has 0 saturated heterocycles. The summed E-state index contributed by atoms with van der Waals surface area (Å²) in [5, 5.41) is 12.4. The van der Waals surface area contributed by atoms with Gasteiger partial charge in [-0.3, -0.25) is 9.59 Å². The van der Waals surface area contributed by atoms with Gasteiger partial charge < -0.3 is 10.4 Å². The van der Waals surface area contributed by atoms with Crippen molar-refractivity contribution in [2.24, 2.45) is 0 Å². The molecule has 0 aromatic heterocycles. The lowest BCUT2D eigenvalue weighted by molar-refractivity contribution is -0.124. The Morgan fingerprint density at radius 1 is 1.10 bits per heavy atom. The highest BCUT2D eigenvalue weighted by atomic mass is 16.3. The van der Waals surface area contributed by atoms with E-state index in [1.54, 1.807) is 30.5 Å². The molecule has 0 aliphatic heterocycles. The van der Waals surface area contributed by atoms with Crippen molar-refractivity contribution in [2.75, 3.05) is 0 Å². The lowest BCUT2D eigenvalue weighted by Gasteiger charge is -2.24. The topological polar surface area (TPSA) is 66.4 Å². The van der Waals surface area contributed by atoms with E-state index in [-0.39, 0.29) is 34.3 Å². The Morgan fingerprint density at radius 3 is 2.10 bits per heavy atom. The van der Waals surface area contributed by atoms with E-state index < -0.39 is 0 Å². The van der Waals surface area contributed by atoms with Crippen LogP contribution in [0.2, 0.25) is 0 Å². The van der Waals surface area contributed by atoms with Gasteiger partial charge in [0.15, 0.2) is 11.6 Å². The normalized spacial score (nSPS) is 19.6. The summed E-state index contributed by atoms with van der Waals surface area (Å²) in [5.74, 6) is -0.165. The van der Waals surface area contributed by atoms with Gasteiger partial charge in [0.05, 0.1) is 5.57 Å². The van der Waals surface area contributed by atoms with Crippen LogP contribution in [0, 0.1) is 0 Å². The zero-order chi connectivity index (χ0) is 15.6. The molecule has 0 unspecified atom stereocenters. The predicted octanol–water partition coefficient (Wildman–Crippen LogP) is 2.68. The van der Waals surface area contributed by atoms with E-state index in [9.17, 15) is 14.7 Å². The molecule has 2 rings (SSSR count). The van der Waals surface area contributed by atoms with Crippen molar-refractivity contribution in [3.63, 3.8) is 0 Å². The maximum Gasteiger partial charge on any atom is 0.168 e. The van der Waals surface area contributed by atoms with E-state index in [1.165, 1.54) is 0 Å². The lowest BCUT2D eigenvalue weighted by atomic mass is 9.80. The summed E-state index contributed by atoms with van der Waals surface area (Å²) in [6.45, 7) is 5.92. The van der Waals surface area contributed by atoms with Crippen molar-refractivity contribution in [1.82, 2.24) is 5.32 Å². The molecule has 4 nitrogen and oxygen atoms in total. The first-order valence-electron chi connectivity index (χ1n) is 7.09. The van der Waals surface area contributed by atoms with Crippen molar-refractivity contribution in [3.8, 4) is 5.75 Å². The number of phenolic OH excluding ortho intramolecular Hbond substituents is 1. The van der Waals surface area contributed by atoms with Gasteiger partial charge in [-0.25, -0.2) is 0 Å². The van der Waals surface area contributed by atoms with Gasteiger partial charge >= 0.3 is 0 Å². The van der Waals surface area contributed by atoms with E-state index in [2.05, 4.69) is 5.32 Å². The third kappa shape index (κ3) is 3.94. The van der Waals surface area contributed by atoms with Crippen LogP contribution in [-0.2, 0) is 9.59 Å². The van der Waals surface area contributed by atoms with Crippen molar-refractivity contribution < 1.29 is 14.7 Å². The molecule has 0 spiro atoms. The highest BCUT2D eigenvalue weighted by molar-refractivity contribution is 6.22. The lowest BCUT2D eigenvalue weighted by Crippen LogP contribution is -2.34. The number of carbonyl (C=O) groups is 2. The SMILES string of the molecule is CC(C)(C)NC=C1C(=O)CC(c2ccc(O)cc2)CC1=O. The Kier molecular flexibility index (Phi) is 4.16. The van der Waals surface area contributed by atoms with E-state index in [1.807, 2.05) is 20.8 Å². The molecule has 112 valence electrons. The Labute approximate surface area is 124 Å². The van der Waals surface area contributed by atoms with Gasteiger partial charge in [-0.1, -0.05) is 12.1 Å².